The number of nitrogens with one attached hydrogen (secondary N) is 1. The summed E-state index contributed by atoms with van der Waals surface area (Å²) < 4.78 is 5.67. The van der Waals surface area contributed by atoms with Crippen LogP contribution in [0.4, 0.5) is 0 Å². The molecule has 4 nitrogen and oxygen atoms in total. The zero-order valence-corrected chi connectivity index (χ0v) is 12.8. The average molecular weight is 319 g/mol. The van der Waals surface area contributed by atoms with Crippen molar-refractivity contribution in [2.45, 2.75) is 19.3 Å². The van der Waals surface area contributed by atoms with Crippen molar-refractivity contribution in [3.63, 3.8) is 0 Å². The lowest BCUT2D eigenvalue weighted by Gasteiger charge is -2.22. The third-order valence-corrected chi connectivity index (χ3v) is 3.77. The fourth-order valence-corrected chi connectivity index (χ4v) is 2.56. The first kappa shape index (κ1) is 17.1. The van der Waals surface area contributed by atoms with Crippen molar-refractivity contribution < 1.29 is 9.53 Å². The van der Waals surface area contributed by atoms with Gasteiger partial charge < -0.3 is 15.8 Å². The van der Waals surface area contributed by atoms with Crippen molar-refractivity contribution in [2.75, 3.05) is 19.7 Å². The molecule has 1 aromatic carbocycles. The van der Waals surface area contributed by atoms with Gasteiger partial charge in [0, 0.05) is 0 Å². The molecule has 0 bridgehead atoms. The number of hydrogen-bond donors (Lipinski definition) is 2. The van der Waals surface area contributed by atoms with E-state index in [1.807, 2.05) is 0 Å². The maximum absolute atomic E-state index is 11.0. The van der Waals surface area contributed by atoms with Gasteiger partial charge in [0.15, 0.2) is 0 Å². The number of amides is 1. The Labute approximate surface area is 130 Å². The van der Waals surface area contributed by atoms with Gasteiger partial charge in [-0.05, 0) is 56.5 Å². The highest BCUT2D eigenvalue weighted by Crippen LogP contribution is 2.23. The minimum Gasteiger partial charge on any atom is -0.494 e. The number of halogens is 2. The van der Waals surface area contributed by atoms with E-state index < -0.39 is 5.91 Å². The molecule has 1 aliphatic rings. The Hall–Kier alpha value is -0.970. The first-order chi connectivity index (χ1) is 9.16. The Bertz CT molecular complexity index is 449. The summed E-state index contributed by atoms with van der Waals surface area (Å²) >= 11 is 5.96. The number of carbonyl (C=O) groups excluding carboxylic acids is 1. The van der Waals surface area contributed by atoms with Crippen molar-refractivity contribution in [1.29, 1.82) is 0 Å². The molecule has 0 aromatic heterocycles. The van der Waals surface area contributed by atoms with Gasteiger partial charge in [-0.3, -0.25) is 4.79 Å². The summed E-state index contributed by atoms with van der Waals surface area (Å²) in [5.74, 6) is 0.900. The molecule has 112 valence electrons. The molecule has 1 amide bonds. The first-order valence-corrected chi connectivity index (χ1v) is 6.97. The average Bonchev–Trinajstić information content (AvgIpc) is 2.39. The van der Waals surface area contributed by atoms with Crippen molar-refractivity contribution in [3.05, 3.63) is 28.8 Å². The Morgan fingerprint density at radius 2 is 2.10 bits per heavy atom. The number of rotatable bonds is 5. The van der Waals surface area contributed by atoms with Crippen LogP contribution in [0, 0.1) is 5.92 Å². The van der Waals surface area contributed by atoms with Crippen LogP contribution >= 0.6 is 24.0 Å². The van der Waals surface area contributed by atoms with Crippen LogP contribution in [0.15, 0.2) is 18.2 Å². The molecule has 1 aliphatic heterocycles. The summed E-state index contributed by atoms with van der Waals surface area (Å²) in [6, 6.07) is 4.98. The third-order valence-electron chi connectivity index (χ3n) is 3.46. The molecule has 1 saturated heterocycles. The molecule has 20 heavy (non-hydrogen) atoms. The maximum atomic E-state index is 11.0. The largest absolute Gasteiger partial charge is 0.494 e. The lowest BCUT2D eigenvalue weighted by molar-refractivity contribution is 0.100. The van der Waals surface area contributed by atoms with E-state index in [2.05, 4.69) is 5.32 Å². The second-order valence-corrected chi connectivity index (χ2v) is 5.24. The molecule has 2 rings (SSSR count). The molecule has 0 aliphatic carbocycles. The van der Waals surface area contributed by atoms with Crippen molar-refractivity contribution in [3.8, 4) is 5.75 Å². The molecule has 0 spiro atoms. The van der Waals surface area contributed by atoms with E-state index >= 15 is 0 Å². The smallest absolute Gasteiger partial charge is 0.250 e. The molecule has 1 fully saturated rings. The van der Waals surface area contributed by atoms with Gasteiger partial charge in [-0.1, -0.05) is 11.6 Å². The fraction of sp³-hybridized carbons (Fsp3) is 0.500. The van der Waals surface area contributed by atoms with Crippen LogP contribution in [0.1, 0.15) is 29.6 Å². The number of carbonyl (C=O) groups is 1. The van der Waals surface area contributed by atoms with Crippen LogP contribution < -0.4 is 15.8 Å². The molecule has 0 atom stereocenters. The minimum atomic E-state index is -0.522. The highest BCUT2D eigenvalue weighted by Gasteiger charge is 2.13. The lowest BCUT2D eigenvalue weighted by Crippen LogP contribution is -2.28. The number of ether oxygens (including phenoxy) is 1. The number of nitrogens with two attached hydrogens (primary N) is 1. The number of piperidine rings is 1. The molecule has 1 aromatic rings. The number of hydrogen-bond acceptors (Lipinski definition) is 3. The van der Waals surface area contributed by atoms with E-state index in [0.29, 0.717) is 22.9 Å². The molecule has 0 radical (unpaired) electrons. The highest BCUT2D eigenvalue weighted by atomic mass is 35.5. The molecule has 0 saturated carbocycles. The zero-order valence-electron chi connectivity index (χ0n) is 11.2. The summed E-state index contributed by atoms with van der Waals surface area (Å²) in [5.41, 5.74) is 5.52. The predicted octanol–water partition coefficient (Wildman–Crippen LogP) is 2.63. The summed E-state index contributed by atoms with van der Waals surface area (Å²) in [6.07, 6.45) is 3.48. The first-order valence-electron chi connectivity index (χ1n) is 6.59. The van der Waals surface area contributed by atoms with Crippen molar-refractivity contribution in [2.24, 2.45) is 11.7 Å². The van der Waals surface area contributed by atoms with Crippen LogP contribution in [0.25, 0.3) is 0 Å². The Morgan fingerprint density at radius 1 is 1.40 bits per heavy atom. The van der Waals surface area contributed by atoms with E-state index in [1.54, 1.807) is 18.2 Å². The lowest BCUT2D eigenvalue weighted by atomic mass is 9.95. The van der Waals surface area contributed by atoms with Gasteiger partial charge in [-0.15, -0.1) is 12.4 Å². The van der Waals surface area contributed by atoms with Crippen LogP contribution in [0.5, 0.6) is 5.75 Å². The maximum Gasteiger partial charge on any atom is 0.250 e. The Kier molecular flexibility index (Phi) is 7.13. The van der Waals surface area contributed by atoms with Gasteiger partial charge in [0.1, 0.15) is 5.75 Å². The van der Waals surface area contributed by atoms with Gasteiger partial charge in [0.05, 0.1) is 17.2 Å². The van der Waals surface area contributed by atoms with E-state index in [1.165, 1.54) is 12.8 Å². The predicted molar refractivity (Wildman–Crippen MR) is 82.9 cm³/mol. The zero-order chi connectivity index (χ0) is 13.7. The van der Waals surface area contributed by atoms with Crippen LogP contribution in [0.3, 0.4) is 0 Å². The topological polar surface area (TPSA) is 64.4 Å². The Morgan fingerprint density at radius 3 is 2.70 bits per heavy atom. The molecule has 1 heterocycles. The highest BCUT2D eigenvalue weighted by molar-refractivity contribution is 6.33. The molecule has 6 heteroatoms. The normalized spacial score (nSPS) is 15.4. The van der Waals surface area contributed by atoms with E-state index in [9.17, 15) is 4.79 Å². The fourth-order valence-electron chi connectivity index (χ4n) is 2.30. The van der Waals surface area contributed by atoms with Gasteiger partial charge in [-0.2, -0.15) is 0 Å². The van der Waals surface area contributed by atoms with Crippen LogP contribution in [-0.2, 0) is 0 Å². The summed E-state index contributed by atoms with van der Waals surface area (Å²) in [6.45, 7) is 2.88. The standard InChI is InChI=1S/C14H19ClN2O2.ClH/c15-13-9-11(1-2-12(13)14(16)18)19-8-5-10-3-6-17-7-4-10;/h1-2,9-10,17H,3-8H2,(H2,16,18);1H. The second kappa shape index (κ2) is 8.35. The van der Waals surface area contributed by atoms with Crippen molar-refractivity contribution >= 4 is 29.9 Å². The quantitative estimate of drug-likeness (QED) is 0.877. The van der Waals surface area contributed by atoms with Gasteiger partial charge in [0.2, 0.25) is 5.91 Å². The van der Waals surface area contributed by atoms with Crippen molar-refractivity contribution in [1.82, 2.24) is 5.32 Å². The number of primary amides is 1. The van der Waals surface area contributed by atoms with E-state index in [0.717, 1.165) is 25.4 Å². The SMILES string of the molecule is Cl.NC(=O)c1ccc(OCCC2CCNCC2)cc1Cl. The van der Waals surface area contributed by atoms with Gasteiger partial charge >= 0.3 is 0 Å². The van der Waals surface area contributed by atoms with Gasteiger partial charge in [-0.25, -0.2) is 0 Å². The second-order valence-electron chi connectivity index (χ2n) is 4.84. The third kappa shape index (κ3) is 4.85. The van der Waals surface area contributed by atoms with Gasteiger partial charge in [0.25, 0.3) is 0 Å². The van der Waals surface area contributed by atoms with Crippen LogP contribution in [-0.4, -0.2) is 25.6 Å². The van der Waals surface area contributed by atoms with Crippen LogP contribution in [0.2, 0.25) is 5.02 Å². The molecular formula is C14H20Cl2N2O2. The summed E-state index contributed by atoms with van der Waals surface area (Å²) in [5, 5.41) is 3.68. The van der Waals surface area contributed by atoms with E-state index in [4.69, 9.17) is 22.1 Å². The molecule has 3 N–H and O–H groups in total. The summed E-state index contributed by atoms with van der Waals surface area (Å²) in [7, 11) is 0. The van der Waals surface area contributed by atoms with E-state index in [-0.39, 0.29) is 12.4 Å². The number of benzene rings is 1. The summed E-state index contributed by atoms with van der Waals surface area (Å²) in [4.78, 5) is 11.0. The Balaban J connectivity index is 0.00000200. The monoisotopic (exact) mass is 318 g/mol. The molecule has 0 unspecified atom stereocenters. The molecular weight excluding hydrogens is 299 g/mol. The minimum absolute atomic E-state index is 0.